The first kappa shape index (κ1) is 19.2. The van der Waals surface area contributed by atoms with Crippen LogP contribution in [0.5, 0.6) is 0 Å². The first-order valence-electron chi connectivity index (χ1n) is 9.37. The van der Waals surface area contributed by atoms with E-state index < -0.39 is 0 Å². The van der Waals surface area contributed by atoms with Gasteiger partial charge in [0, 0.05) is 23.3 Å². The van der Waals surface area contributed by atoms with Crippen molar-refractivity contribution < 1.29 is 4.79 Å². The molecule has 1 fully saturated rings. The minimum absolute atomic E-state index is 0.0232. The van der Waals surface area contributed by atoms with E-state index in [-0.39, 0.29) is 11.6 Å². The molecule has 0 aliphatic heterocycles. The summed E-state index contributed by atoms with van der Waals surface area (Å²) in [4.78, 5) is 16.8. The normalized spacial score (nSPS) is 22.6. The molecule has 0 atom stereocenters. The third-order valence-electron chi connectivity index (χ3n) is 4.74. The molecule has 1 aromatic heterocycles. The van der Waals surface area contributed by atoms with E-state index in [4.69, 9.17) is 0 Å². The number of unbranched alkanes of at least 4 members (excludes halogenated alkanes) is 1. The first-order valence-corrected chi connectivity index (χ1v) is 10.1. The molecule has 1 N–H and O–H groups in total. The summed E-state index contributed by atoms with van der Waals surface area (Å²) in [7, 11) is 0. The second-order valence-corrected chi connectivity index (χ2v) is 9.13. The molecule has 1 saturated carbocycles. The van der Waals surface area contributed by atoms with Gasteiger partial charge in [-0.1, -0.05) is 20.3 Å². The lowest BCUT2D eigenvalue weighted by Gasteiger charge is -2.26. The van der Waals surface area contributed by atoms with Crippen LogP contribution in [0.3, 0.4) is 0 Å². The summed E-state index contributed by atoms with van der Waals surface area (Å²) in [5.41, 5.74) is 1.22. The lowest BCUT2D eigenvalue weighted by atomic mass is 9.87. The van der Waals surface area contributed by atoms with Gasteiger partial charge in [-0.3, -0.25) is 3.96 Å². The number of hydrogen-bond donors (Lipinski definition) is 1. The van der Waals surface area contributed by atoms with E-state index in [0.29, 0.717) is 6.04 Å². The average molecular weight is 352 g/mol. The molecule has 2 rings (SSSR count). The number of nitrogens with one attached hydrogen (secondary N) is 1. The Bertz CT molecular complexity index is 601. The van der Waals surface area contributed by atoms with Gasteiger partial charge in [-0.25, -0.2) is 4.79 Å². The Morgan fingerprint density at radius 1 is 1.33 bits per heavy atom. The van der Waals surface area contributed by atoms with Gasteiger partial charge >= 0.3 is 6.03 Å². The molecular weight excluding hydrogens is 318 g/mol. The smallest absolute Gasteiger partial charge is 0.333 e. The van der Waals surface area contributed by atoms with Crippen molar-refractivity contribution in [2.75, 3.05) is 0 Å². The minimum Gasteiger partial charge on any atom is -0.333 e. The molecule has 24 heavy (non-hydrogen) atoms. The predicted octanol–water partition coefficient (Wildman–Crippen LogP) is 4.84. The van der Waals surface area contributed by atoms with E-state index in [1.807, 2.05) is 0 Å². The predicted molar refractivity (Wildman–Crippen MR) is 101 cm³/mol. The Balaban J connectivity index is 2.13. The molecule has 0 spiro atoms. The van der Waals surface area contributed by atoms with E-state index >= 15 is 0 Å². The molecule has 1 aromatic rings. The van der Waals surface area contributed by atoms with E-state index in [2.05, 4.69) is 55.1 Å². The zero-order valence-corrected chi connectivity index (χ0v) is 16.7. The second kappa shape index (κ2) is 8.32. The summed E-state index contributed by atoms with van der Waals surface area (Å²) in [6.45, 7) is 11.0. The van der Waals surface area contributed by atoms with Gasteiger partial charge in [-0.05, 0) is 76.7 Å². The van der Waals surface area contributed by atoms with Crippen LogP contribution in [0.25, 0.3) is 0 Å². The van der Waals surface area contributed by atoms with Gasteiger partial charge < -0.3 is 5.32 Å². The highest BCUT2D eigenvalue weighted by molar-refractivity contribution is 7.04. The number of aromatic nitrogens is 1. The maximum atomic E-state index is 12.4. The van der Waals surface area contributed by atoms with Crippen LogP contribution in [0.2, 0.25) is 0 Å². The summed E-state index contributed by atoms with van der Waals surface area (Å²) < 4.78 is 3.09. The number of carbonyl (C=O) groups is 1. The van der Waals surface area contributed by atoms with Gasteiger partial charge in [0.2, 0.25) is 0 Å². The van der Waals surface area contributed by atoms with Gasteiger partial charge in [0.05, 0.1) is 0 Å². The van der Waals surface area contributed by atoms with Gasteiger partial charge in [0.25, 0.3) is 0 Å². The van der Waals surface area contributed by atoms with Crippen LogP contribution in [0.15, 0.2) is 11.2 Å². The fraction of sp³-hybridized carbons (Fsp3) is 0.789. The van der Waals surface area contributed by atoms with Crippen LogP contribution in [0.1, 0.15) is 78.7 Å². The Morgan fingerprint density at radius 2 is 2.00 bits per heavy atom. The molecule has 4 nitrogen and oxygen atoms in total. The number of amides is 2. The van der Waals surface area contributed by atoms with Crippen molar-refractivity contribution in [3.05, 3.63) is 16.4 Å². The molecule has 1 aliphatic rings. The maximum Gasteiger partial charge on any atom is 0.342 e. The Kier molecular flexibility index (Phi) is 6.67. The number of urea groups is 1. The zero-order valence-electron chi connectivity index (χ0n) is 15.9. The van der Waals surface area contributed by atoms with E-state index in [1.165, 1.54) is 18.4 Å². The van der Waals surface area contributed by atoms with Crippen molar-refractivity contribution in [3.63, 3.8) is 0 Å². The van der Waals surface area contributed by atoms with Crippen molar-refractivity contribution in [1.82, 2.24) is 9.27 Å². The lowest BCUT2D eigenvalue weighted by Crippen LogP contribution is -2.36. The molecule has 0 saturated heterocycles. The van der Waals surface area contributed by atoms with Crippen LogP contribution >= 0.6 is 11.5 Å². The first-order chi connectivity index (χ1) is 11.3. The Morgan fingerprint density at radius 3 is 2.58 bits per heavy atom. The van der Waals surface area contributed by atoms with Gasteiger partial charge in [0.15, 0.2) is 0 Å². The summed E-state index contributed by atoms with van der Waals surface area (Å²) in [5, 5.41) is 3.11. The average Bonchev–Trinajstić information content (AvgIpc) is 2.90. The largest absolute Gasteiger partial charge is 0.342 e. The molecule has 2 amide bonds. The molecule has 5 heteroatoms. The quantitative estimate of drug-likeness (QED) is 0.829. The third-order valence-corrected chi connectivity index (χ3v) is 6.12. The SMILES string of the molecule is CCCCc1cn(C(C)(C)C)sc1=NC(=O)NC1CCC(C)CC1. The number of nitrogens with zero attached hydrogens (tertiary/aromatic N) is 2. The molecule has 136 valence electrons. The molecule has 0 bridgehead atoms. The number of carbonyl (C=O) groups excluding carboxylic acids is 1. The van der Waals surface area contributed by atoms with Crippen molar-refractivity contribution in [2.24, 2.45) is 10.9 Å². The van der Waals surface area contributed by atoms with Gasteiger partial charge in [-0.2, -0.15) is 4.99 Å². The van der Waals surface area contributed by atoms with Crippen LogP contribution in [-0.2, 0) is 12.0 Å². The summed E-state index contributed by atoms with van der Waals surface area (Å²) in [5.74, 6) is 0.791. The van der Waals surface area contributed by atoms with Crippen molar-refractivity contribution in [1.29, 1.82) is 0 Å². The number of rotatable bonds is 4. The third kappa shape index (κ3) is 5.47. The number of aryl methyl sites for hydroxylation is 1. The van der Waals surface area contributed by atoms with Crippen molar-refractivity contribution >= 4 is 17.6 Å². The van der Waals surface area contributed by atoms with Crippen molar-refractivity contribution in [2.45, 2.75) is 91.1 Å². The van der Waals surface area contributed by atoms with Crippen LogP contribution in [0, 0.1) is 5.92 Å². The number of hydrogen-bond acceptors (Lipinski definition) is 2. The second-order valence-electron chi connectivity index (χ2n) is 8.17. The Labute approximate surface area is 150 Å². The standard InChI is InChI=1S/C19H33N3OS/c1-6-7-8-15-13-22(19(3,4)5)24-17(15)21-18(23)20-16-11-9-14(2)10-12-16/h13-14,16H,6-12H2,1-5H3,(H,20,23). The fourth-order valence-corrected chi connectivity index (χ4v) is 4.08. The van der Waals surface area contributed by atoms with Crippen LogP contribution in [-0.4, -0.2) is 16.0 Å². The van der Waals surface area contributed by atoms with Crippen LogP contribution < -0.4 is 9.99 Å². The fourth-order valence-electron chi connectivity index (χ4n) is 3.04. The Hall–Kier alpha value is -1.10. The maximum absolute atomic E-state index is 12.4. The molecule has 0 radical (unpaired) electrons. The monoisotopic (exact) mass is 351 g/mol. The highest BCUT2D eigenvalue weighted by atomic mass is 32.1. The van der Waals surface area contributed by atoms with E-state index in [0.717, 1.165) is 42.7 Å². The van der Waals surface area contributed by atoms with E-state index in [9.17, 15) is 4.79 Å². The molecule has 1 heterocycles. The topological polar surface area (TPSA) is 46.4 Å². The van der Waals surface area contributed by atoms with Gasteiger partial charge in [0.1, 0.15) is 4.67 Å². The van der Waals surface area contributed by atoms with E-state index in [1.54, 1.807) is 11.5 Å². The van der Waals surface area contributed by atoms with Gasteiger partial charge in [-0.15, -0.1) is 0 Å². The zero-order chi connectivity index (χ0) is 17.7. The molecular formula is C19H33N3OS. The summed E-state index contributed by atoms with van der Waals surface area (Å²) in [6.07, 6.45) is 10.0. The van der Waals surface area contributed by atoms with Crippen LogP contribution in [0.4, 0.5) is 4.79 Å². The molecule has 1 aliphatic carbocycles. The minimum atomic E-state index is -0.171. The van der Waals surface area contributed by atoms with Crippen molar-refractivity contribution in [3.8, 4) is 0 Å². The highest BCUT2D eigenvalue weighted by Gasteiger charge is 2.20. The molecule has 0 aromatic carbocycles. The summed E-state index contributed by atoms with van der Waals surface area (Å²) >= 11 is 1.60. The summed E-state index contributed by atoms with van der Waals surface area (Å²) in [6, 6.07) is 0.126. The molecule has 0 unspecified atom stereocenters. The lowest BCUT2D eigenvalue weighted by molar-refractivity contribution is 0.236. The highest BCUT2D eigenvalue weighted by Crippen LogP contribution is 2.23.